The van der Waals surface area contributed by atoms with Gasteiger partial charge in [-0.15, -0.1) is 0 Å². The molecule has 0 unspecified atom stereocenters. The molecule has 0 saturated heterocycles. The normalized spacial score (nSPS) is 15.8. The van der Waals surface area contributed by atoms with E-state index in [0.29, 0.717) is 0 Å². The molecular formula is C14H21N. The van der Waals surface area contributed by atoms with Gasteiger partial charge in [-0.2, -0.15) is 0 Å². The monoisotopic (exact) mass is 203 g/mol. The van der Waals surface area contributed by atoms with Gasteiger partial charge in [-0.3, -0.25) is 0 Å². The van der Waals surface area contributed by atoms with Crippen LogP contribution in [0.2, 0.25) is 0 Å². The fraction of sp³-hybridized carbons (Fsp3) is 0.571. The zero-order chi connectivity index (χ0) is 10.5. The van der Waals surface area contributed by atoms with Crippen molar-refractivity contribution >= 4 is 0 Å². The average Bonchev–Trinajstić information content (AvgIpc) is 2.51. The molecule has 1 nitrogen and oxygen atoms in total. The zero-order valence-corrected chi connectivity index (χ0v) is 9.68. The van der Waals surface area contributed by atoms with Crippen LogP contribution < -0.4 is 5.32 Å². The van der Waals surface area contributed by atoms with Crippen molar-refractivity contribution in [2.45, 2.75) is 39.0 Å². The molecule has 1 aromatic carbocycles. The van der Waals surface area contributed by atoms with E-state index in [1.165, 1.54) is 32.1 Å². The first-order valence-electron chi connectivity index (χ1n) is 6.22. The molecule has 1 heterocycles. The lowest BCUT2D eigenvalue weighted by molar-refractivity contribution is 0.708. The van der Waals surface area contributed by atoms with Gasteiger partial charge in [0.1, 0.15) is 0 Å². The third kappa shape index (κ3) is 2.60. The first-order chi connectivity index (χ1) is 7.42. The molecule has 1 aliphatic rings. The summed E-state index contributed by atoms with van der Waals surface area (Å²) in [5.41, 5.74) is 4.81. The lowest BCUT2D eigenvalue weighted by Crippen LogP contribution is -2.16. The van der Waals surface area contributed by atoms with Gasteiger partial charge in [0.15, 0.2) is 0 Å². The van der Waals surface area contributed by atoms with Crippen LogP contribution in [-0.4, -0.2) is 13.1 Å². The van der Waals surface area contributed by atoms with Gasteiger partial charge in [0, 0.05) is 0 Å². The van der Waals surface area contributed by atoms with Gasteiger partial charge in [-0.1, -0.05) is 31.5 Å². The Balaban J connectivity index is 2.22. The van der Waals surface area contributed by atoms with Crippen LogP contribution in [0.15, 0.2) is 18.2 Å². The SMILES string of the molecule is CCCCc1cccc2c1CCNCC2. The van der Waals surface area contributed by atoms with Gasteiger partial charge < -0.3 is 5.32 Å². The van der Waals surface area contributed by atoms with Gasteiger partial charge in [0.2, 0.25) is 0 Å². The number of aryl methyl sites for hydroxylation is 1. The third-order valence-electron chi connectivity index (χ3n) is 3.29. The quantitative estimate of drug-likeness (QED) is 0.796. The molecule has 0 aromatic heterocycles. The second-order valence-corrected chi connectivity index (χ2v) is 4.41. The molecule has 1 aliphatic heterocycles. The van der Waals surface area contributed by atoms with Gasteiger partial charge in [-0.05, 0) is 55.5 Å². The Hall–Kier alpha value is -0.820. The molecule has 0 atom stereocenters. The summed E-state index contributed by atoms with van der Waals surface area (Å²) in [6, 6.07) is 6.85. The molecule has 2 rings (SSSR count). The Morgan fingerprint density at radius 3 is 2.93 bits per heavy atom. The third-order valence-corrected chi connectivity index (χ3v) is 3.29. The van der Waals surface area contributed by atoms with E-state index >= 15 is 0 Å². The van der Waals surface area contributed by atoms with E-state index in [4.69, 9.17) is 0 Å². The molecular weight excluding hydrogens is 182 g/mol. The van der Waals surface area contributed by atoms with Crippen LogP contribution in [0.1, 0.15) is 36.5 Å². The molecule has 0 fully saturated rings. The maximum atomic E-state index is 3.48. The maximum Gasteiger partial charge on any atom is -0.000802 e. The van der Waals surface area contributed by atoms with Crippen LogP contribution in [0.4, 0.5) is 0 Å². The molecule has 1 aromatic rings. The number of unbranched alkanes of at least 4 members (excludes halogenated alkanes) is 1. The van der Waals surface area contributed by atoms with Crippen molar-refractivity contribution in [1.82, 2.24) is 5.32 Å². The summed E-state index contributed by atoms with van der Waals surface area (Å²) in [6.45, 7) is 4.56. The predicted octanol–water partition coefficient (Wildman–Crippen LogP) is 2.72. The summed E-state index contributed by atoms with van der Waals surface area (Å²) in [4.78, 5) is 0. The van der Waals surface area contributed by atoms with Gasteiger partial charge >= 0.3 is 0 Å². The number of rotatable bonds is 3. The molecule has 1 N–H and O–H groups in total. The highest BCUT2D eigenvalue weighted by atomic mass is 14.8. The topological polar surface area (TPSA) is 12.0 Å². The number of hydrogen-bond acceptors (Lipinski definition) is 1. The molecule has 82 valence electrons. The van der Waals surface area contributed by atoms with Crippen molar-refractivity contribution in [2.75, 3.05) is 13.1 Å². The van der Waals surface area contributed by atoms with E-state index in [2.05, 4.69) is 30.4 Å². The molecule has 0 saturated carbocycles. The fourth-order valence-electron chi connectivity index (χ4n) is 2.41. The second-order valence-electron chi connectivity index (χ2n) is 4.41. The van der Waals surface area contributed by atoms with Crippen LogP contribution in [0, 0.1) is 0 Å². The smallest absolute Gasteiger partial charge is 0.000802 e. The van der Waals surface area contributed by atoms with E-state index in [9.17, 15) is 0 Å². The molecule has 0 aliphatic carbocycles. The summed E-state index contributed by atoms with van der Waals surface area (Å²) in [7, 11) is 0. The minimum Gasteiger partial charge on any atom is -0.316 e. The van der Waals surface area contributed by atoms with Crippen LogP contribution in [0.5, 0.6) is 0 Å². The molecule has 0 amide bonds. The van der Waals surface area contributed by atoms with Crippen molar-refractivity contribution in [3.05, 3.63) is 34.9 Å². The van der Waals surface area contributed by atoms with Crippen molar-refractivity contribution in [3.8, 4) is 0 Å². The lowest BCUT2D eigenvalue weighted by atomic mass is 9.94. The average molecular weight is 203 g/mol. The molecule has 15 heavy (non-hydrogen) atoms. The van der Waals surface area contributed by atoms with Crippen molar-refractivity contribution in [2.24, 2.45) is 0 Å². The van der Waals surface area contributed by atoms with Gasteiger partial charge in [0.05, 0.1) is 0 Å². The predicted molar refractivity (Wildman–Crippen MR) is 65.3 cm³/mol. The second kappa shape index (κ2) is 5.32. The summed E-state index contributed by atoms with van der Waals surface area (Å²) < 4.78 is 0. The minimum absolute atomic E-state index is 1.14. The maximum absolute atomic E-state index is 3.48. The highest BCUT2D eigenvalue weighted by Crippen LogP contribution is 2.19. The standard InChI is InChI=1S/C14H21N/c1-2-3-5-12-6-4-7-13-8-10-15-11-9-14(12)13/h4,6-7,15H,2-3,5,8-11H2,1H3. The number of benzene rings is 1. The van der Waals surface area contributed by atoms with Crippen LogP contribution >= 0.6 is 0 Å². The Kier molecular flexibility index (Phi) is 3.79. The molecule has 0 spiro atoms. The molecule has 1 heteroatoms. The first-order valence-corrected chi connectivity index (χ1v) is 6.22. The summed E-state index contributed by atoms with van der Waals surface area (Å²) in [6.07, 6.45) is 6.30. The highest BCUT2D eigenvalue weighted by molar-refractivity contribution is 5.36. The number of nitrogens with one attached hydrogen (secondary N) is 1. The lowest BCUT2D eigenvalue weighted by Gasteiger charge is -2.11. The number of fused-ring (bicyclic) bond motifs is 1. The van der Waals surface area contributed by atoms with Gasteiger partial charge in [-0.25, -0.2) is 0 Å². The fourth-order valence-corrected chi connectivity index (χ4v) is 2.41. The summed E-state index contributed by atoms with van der Waals surface area (Å²) in [5, 5.41) is 3.48. The Morgan fingerprint density at radius 1 is 1.20 bits per heavy atom. The Bertz CT molecular complexity index is 317. The van der Waals surface area contributed by atoms with E-state index in [1.807, 2.05) is 0 Å². The van der Waals surface area contributed by atoms with Crippen LogP contribution in [0.3, 0.4) is 0 Å². The zero-order valence-electron chi connectivity index (χ0n) is 9.68. The first kappa shape index (κ1) is 10.7. The van der Waals surface area contributed by atoms with Crippen molar-refractivity contribution < 1.29 is 0 Å². The minimum atomic E-state index is 1.14. The molecule has 0 bridgehead atoms. The number of hydrogen-bond donors (Lipinski definition) is 1. The Morgan fingerprint density at radius 2 is 2.07 bits per heavy atom. The summed E-state index contributed by atoms with van der Waals surface area (Å²) in [5.74, 6) is 0. The van der Waals surface area contributed by atoms with E-state index in [1.54, 1.807) is 16.7 Å². The molecule has 0 radical (unpaired) electrons. The summed E-state index contributed by atoms with van der Waals surface area (Å²) >= 11 is 0. The highest BCUT2D eigenvalue weighted by Gasteiger charge is 2.10. The van der Waals surface area contributed by atoms with E-state index < -0.39 is 0 Å². The van der Waals surface area contributed by atoms with Crippen LogP contribution in [0.25, 0.3) is 0 Å². The van der Waals surface area contributed by atoms with Crippen molar-refractivity contribution in [1.29, 1.82) is 0 Å². The van der Waals surface area contributed by atoms with E-state index in [-0.39, 0.29) is 0 Å². The van der Waals surface area contributed by atoms with Gasteiger partial charge in [0.25, 0.3) is 0 Å². The van der Waals surface area contributed by atoms with Crippen molar-refractivity contribution in [3.63, 3.8) is 0 Å². The van der Waals surface area contributed by atoms with Crippen LogP contribution in [-0.2, 0) is 19.3 Å². The largest absolute Gasteiger partial charge is 0.316 e. The Labute approximate surface area is 92.9 Å². The van der Waals surface area contributed by atoms with E-state index in [0.717, 1.165) is 13.1 Å².